The molecule has 0 spiro atoms. The Kier molecular flexibility index (Phi) is 14.4. The second-order valence-corrected chi connectivity index (χ2v) is 17.5. The molecule has 2 saturated carbocycles. The van der Waals surface area contributed by atoms with Gasteiger partial charge in [0.2, 0.25) is 5.91 Å². The van der Waals surface area contributed by atoms with E-state index in [0.717, 1.165) is 83.4 Å². The maximum atomic E-state index is 12.9. The van der Waals surface area contributed by atoms with Crippen molar-refractivity contribution in [2.45, 2.75) is 92.9 Å². The third-order valence-electron chi connectivity index (χ3n) is 9.32. The predicted molar refractivity (Wildman–Crippen MR) is 201 cm³/mol. The predicted octanol–water partition coefficient (Wildman–Crippen LogP) is 4.75. The molecule has 3 aromatic rings. The van der Waals surface area contributed by atoms with Crippen molar-refractivity contribution < 1.29 is 43.1 Å². The fraction of sp³-hybridized carbons (Fsp3) is 0.526. The highest BCUT2D eigenvalue weighted by Gasteiger charge is 2.48. The van der Waals surface area contributed by atoms with Crippen LogP contribution in [0.1, 0.15) is 62.5 Å². The summed E-state index contributed by atoms with van der Waals surface area (Å²) in [5.41, 5.74) is 3.61. The Labute approximate surface area is 315 Å². The van der Waals surface area contributed by atoms with Crippen molar-refractivity contribution in [3.05, 3.63) is 77.1 Å². The normalized spacial score (nSPS) is 17.0. The van der Waals surface area contributed by atoms with Gasteiger partial charge in [-0.1, -0.05) is 36.2 Å². The minimum absolute atomic E-state index is 0.0427. The summed E-state index contributed by atoms with van der Waals surface area (Å²) in [6.45, 7) is -0.178. The number of aliphatic hydroxyl groups is 4. The third kappa shape index (κ3) is 11.6. The summed E-state index contributed by atoms with van der Waals surface area (Å²) in [4.78, 5) is 19.7. The lowest BCUT2D eigenvalue weighted by atomic mass is 9.96. The van der Waals surface area contributed by atoms with Gasteiger partial charge in [-0.05, 0) is 85.7 Å². The zero-order valence-electron chi connectivity index (χ0n) is 29.4. The van der Waals surface area contributed by atoms with E-state index >= 15 is 0 Å². The molecule has 1 aromatic heterocycles. The molecule has 5 rings (SSSR count). The number of thioether (sulfide) groups is 1. The van der Waals surface area contributed by atoms with Crippen LogP contribution in [0.5, 0.6) is 5.75 Å². The zero-order valence-corrected chi connectivity index (χ0v) is 31.8. The van der Waals surface area contributed by atoms with Gasteiger partial charge in [-0.2, -0.15) is 0 Å². The molecule has 52 heavy (non-hydrogen) atoms. The number of ether oxygens (including phenoxy) is 2. The molecule has 0 aliphatic heterocycles. The lowest BCUT2D eigenvalue weighted by molar-refractivity contribution is -0.137. The SMILES string of the molecule is CS(=O)(=O)CCN(CCCCCSc1ccc(Cl)c(COC2(c3cnccc3-c3ccccc3OC3CC3)CC2)c1)C(=O)CC(O)C(O)C(O)CO. The first kappa shape index (κ1) is 40.4. The van der Waals surface area contributed by atoms with Gasteiger partial charge >= 0.3 is 0 Å². The first-order chi connectivity index (χ1) is 24.9. The molecule has 3 unspecified atom stereocenters. The second-order valence-electron chi connectivity index (χ2n) is 13.7. The van der Waals surface area contributed by atoms with Crippen molar-refractivity contribution in [3.8, 4) is 16.9 Å². The van der Waals surface area contributed by atoms with Crippen molar-refractivity contribution >= 4 is 39.1 Å². The van der Waals surface area contributed by atoms with E-state index in [0.29, 0.717) is 18.1 Å². The molecule has 3 atom stereocenters. The minimum Gasteiger partial charge on any atom is -0.490 e. The number of para-hydroxylation sites is 1. The molecular weight excluding hydrogens is 728 g/mol. The Balaban J connectivity index is 1.12. The van der Waals surface area contributed by atoms with Crippen LogP contribution in [-0.2, 0) is 31.6 Å². The number of hydrogen-bond donors (Lipinski definition) is 4. The van der Waals surface area contributed by atoms with E-state index in [1.54, 1.807) is 11.8 Å². The summed E-state index contributed by atoms with van der Waals surface area (Å²) in [6.07, 6.45) is 5.86. The van der Waals surface area contributed by atoms with E-state index in [2.05, 4.69) is 17.1 Å². The molecule has 2 fully saturated rings. The fourth-order valence-electron chi connectivity index (χ4n) is 5.92. The number of benzene rings is 2. The van der Waals surface area contributed by atoms with Crippen molar-refractivity contribution in [2.24, 2.45) is 0 Å². The molecule has 1 heterocycles. The number of carbonyl (C=O) groups excluding carboxylic acids is 1. The van der Waals surface area contributed by atoms with Crippen LogP contribution in [-0.4, -0.2) is 107 Å². The van der Waals surface area contributed by atoms with Crippen LogP contribution in [0, 0.1) is 0 Å². The van der Waals surface area contributed by atoms with E-state index in [4.69, 9.17) is 26.2 Å². The van der Waals surface area contributed by atoms with Crippen LogP contribution in [0.25, 0.3) is 11.1 Å². The highest BCUT2D eigenvalue weighted by atomic mass is 35.5. The van der Waals surface area contributed by atoms with Crippen LogP contribution in [0.15, 0.2) is 65.8 Å². The number of sulfone groups is 1. The molecule has 0 bridgehead atoms. The van der Waals surface area contributed by atoms with Gasteiger partial charge in [0.05, 0.1) is 43.2 Å². The van der Waals surface area contributed by atoms with Gasteiger partial charge in [0.1, 0.15) is 27.8 Å². The molecule has 1 amide bonds. The van der Waals surface area contributed by atoms with E-state index in [-0.39, 0.29) is 24.9 Å². The molecule has 0 saturated heterocycles. The zero-order chi connectivity index (χ0) is 37.3. The molecule has 4 N–H and O–H groups in total. The fourth-order valence-corrected chi connectivity index (χ4v) is 7.62. The first-order valence-electron chi connectivity index (χ1n) is 17.8. The Morgan fingerprint density at radius 1 is 1.04 bits per heavy atom. The highest BCUT2D eigenvalue weighted by molar-refractivity contribution is 7.99. The average molecular weight is 777 g/mol. The number of amides is 1. The van der Waals surface area contributed by atoms with Gasteiger partial charge in [0.15, 0.2) is 0 Å². The molecule has 0 radical (unpaired) electrons. The number of pyridine rings is 1. The van der Waals surface area contributed by atoms with Crippen LogP contribution >= 0.6 is 23.4 Å². The van der Waals surface area contributed by atoms with Crippen molar-refractivity contribution in [1.29, 1.82) is 0 Å². The monoisotopic (exact) mass is 776 g/mol. The van der Waals surface area contributed by atoms with Gasteiger partial charge in [-0.25, -0.2) is 8.42 Å². The molecule has 2 aliphatic rings. The number of unbranched alkanes of at least 4 members (excludes halogenated alkanes) is 2. The summed E-state index contributed by atoms with van der Waals surface area (Å²) < 4.78 is 36.4. The Morgan fingerprint density at radius 3 is 2.52 bits per heavy atom. The number of aromatic nitrogens is 1. The summed E-state index contributed by atoms with van der Waals surface area (Å²) in [6, 6.07) is 16.1. The van der Waals surface area contributed by atoms with E-state index in [1.807, 2.05) is 48.8 Å². The first-order valence-corrected chi connectivity index (χ1v) is 21.2. The Hall–Kier alpha value is -2.75. The number of aliphatic hydroxyl groups excluding tert-OH is 4. The van der Waals surface area contributed by atoms with Gasteiger partial charge in [-0.15, -0.1) is 11.8 Å². The van der Waals surface area contributed by atoms with Crippen molar-refractivity contribution in [2.75, 3.05) is 37.5 Å². The quantitative estimate of drug-likeness (QED) is 0.0822. The van der Waals surface area contributed by atoms with Gasteiger partial charge in [0.25, 0.3) is 0 Å². The van der Waals surface area contributed by atoms with Crippen LogP contribution in [0.2, 0.25) is 5.02 Å². The lowest BCUT2D eigenvalue weighted by Crippen LogP contribution is -2.44. The maximum absolute atomic E-state index is 12.9. The smallest absolute Gasteiger partial charge is 0.225 e. The van der Waals surface area contributed by atoms with Crippen molar-refractivity contribution in [1.82, 2.24) is 9.88 Å². The summed E-state index contributed by atoms with van der Waals surface area (Å²) >= 11 is 8.33. The van der Waals surface area contributed by atoms with Crippen LogP contribution < -0.4 is 4.74 Å². The van der Waals surface area contributed by atoms with E-state index < -0.39 is 52.7 Å². The summed E-state index contributed by atoms with van der Waals surface area (Å²) in [7, 11) is -3.34. The molecule has 11 nitrogen and oxygen atoms in total. The summed E-state index contributed by atoms with van der Waals surface area (Å²) in [5, 5.41) is 39.3. The highest BCUT2D eigenvalue weighted by Crippen LogP contribution is 2.53. The second kappa shape index (κ2) is 18.5. The number of carbonyl (C=O) groups is 1. The average Bonchev–Trinajstić information content (AvgIpc) is 4.07. The third-order valence-corrected chi connectivity index (χ3v) is 11.7. The van der Waals surface area contributed by atoms with Crippen molar-refractivity contribution in [3.63, 3.8) is 0 Å². The largest absolute Gasteiger partial charge is 0.490 e. The van der Waals surface area contributed by atoms with E-state index in [9.17, 15) is 28.5 Å². The van der Waals surface area contributed by atoms with E-state index in [1.165, 1.54) is 4.90 Å². The summed E-state index contributed by atoms with van der Waals surface area (Å²) in [5.74, 6) is 0.925. The standard InChI is InChI=1S/C38H49ClN2O9S2/c1-52(47,48)20-18-41(36(45)22-33(43)37(46)34(44)24-42)17-5-2-6-19-51-28-11-12-32(39)26(21-28)25-49-38(14-15-38)31-23-40-16-13-29(31)30-7-3-4-8-35(30)50-27-9-10-27/h3-4,7-8,11-13,16,21,23,27,33-34,37,42-44,46H,2,5-6,9-10,14-15,17-20,22,24-25H2,1H3. The van der Waals surface area contributed by atoms with Gasteiger partial charge < -0.3 is 34.8 Å². The molecule has 14 heteroatoms. The van der Waals surface area contributed by atoms with Crippen LogP contribution in [0.3, 0.4) is 0 Å². The van der Waals surface area contributed by atoms with Gasteiger partial charge in [0, 0.05) is 52.8 Å². The number of hydrogen-bond acceptors (Lipinski definition) is 11. The maximum Gasteiger partial charge on any atom is 0.225 e. The molecule has 2 aromatic carbocycles. The Bertz CT molecular complexity index is 1750. The van der Waals surface area contributed by atoms with Gasteiger partial charge in [-0.3, -0.25) is 9.78 Å². The molecule has 284 valence electrons. The Morgan fingerprint density at radius 2 is 1.81 bits per heavy atom. The topological polar surface area (TPSA) is 167 Å². The number of rotatable bonds is 22. The molecular formula is C38H49ClN2O9S2. The van der Waals surface area contributed by atoms with Crippen LogP contribution in [0.4, 0.5) is 0 Å². The number of nitrogens with zero attached hydrogens (tertiary/aromatic N) is 2. The number of halogens is 1. The molecule has 2 aliphatic carbocycles. The minimum atomic E-state index is -3.34. The lowest BCUT2D eigenvalue weighted by Gasteiger charge is -2.26.